The largest absolute Gasteiger partial charge is 0.390 e. The minimum absolute atomic E-state index is 0.00119. The van der Waals surface area contributed by atoms with Crippen LogP contribution < -0.4 is 0 Å². The molecule has 0 atom stereocenters. The third-order valence-corrected chi connectivity index (χ3v) is 5.63. The van der Waals surface area contributed by atoms with Crippen LogP contribution in [0.4, 0.5) is 13.2 Å². The van der Waals surface area contributed by atoms with Gasteiger partial charge in [-0.1, -0.05) is 5.21 Å². The number of carbonyl (C=O) groups excluding carboxylic acids is 1. The molecule has 0 spiro atoms. The normalized spacial score (nSPS) is 16.1. The van der Waals surface area contributed by atoms with Gasteiger partial charge in [0.15, 0.2) is 0 Å². The number of likely N-dealkylation sites (tertiary alicyclic amines) is 1. The predicted molar refractivity (Wildman–Crippen MR) is 108 cm³/mol. The molecule has 10 heteroatoms. The summed E-state index contributed by atoms with van der Waals surface area (Å²) in [5.74, 6) is -0.0437. The second-order valence-corrected chi connectivity index (χ2v) is 7.99. The van der Waals surface area contributed by atoms with Crippen molar-refractivity contribution in [3.05, 3.63) is 36.4 Å². The van der Waals surface area contributed by atoms with E-state index in [0.717, 1.165) is 10.8 Å². The number of alkyl halides is 3. The number of pyridine rings is 2. The fourth-order valence-corrected chi connectivity index (χ4v) is 3.87. The summed E-state index contributed by atoms with van der Waals surface area (Å²) in [5.41, 5.74) is 2.03. The highest BCUT2D eigenvalue weighted by Gasteiger charge is 2.30. The third-order valence-electron chi connectivity index (χ3n) is 5.63. The Kier molecular flexibility index (Phi) is 5.99. The summed E-state index contributed by atoms with van der Waals surface area (Å²) in [5, 5.41) is 9.77. The molecule has 0 saturated carbocycles. The van der Waals surface area contributed by atoms with E-state index in [1.807, 2.05) is 12.1 Å². The van der Waals surface area contributed by atoms with Crippen LogP contribution >= 0.6 is 0 Å². The van der Waals surface area contributed by atoms with Gasteiger partial charge in [0, 0.05) is 49.4 Å². The van der Waals surface area contributed by atoms with Crippen molar-refractivity contribution in [3.63, 3.8) is 0 Å². The Hall–Kier alpha value is -2.88. The van der Waals surface area contributed by atoms with Crippen molar-refractivity contribution in [1.82, 2.24) is 29.9 Å². The minimum Gasteiger partial charge on any atom is -0.303 e. The molecule has 0 aliphatic carbocycles. The lowest BCUT2D eigenvalue weighted by molar-refractivity contribution is -0.139. The van der Waals surface area contributed by atoms with E-state index in [-0.39, 0.29) is 24.7 Å². The van der Waals surface area contributed by atoms with Gasteiger partial charge in [0.2, 0.25) is 0 Å². The summed E-state index contributed by atoms with van der Waals surface area (Å²) < 4.78 is 38.8. The Morgan fingerprint density at radius 1 is 1.10 bits per heavy atom. The number of rotatable bonds is 6. The zero-order chi connectivity index (χ0) is 22.0. The van der Waals surface area contributed by atoms with Crippen molar-refractivity contribution >= 4 is 16.6 Å². The Morgan fingerprint density at radius 2 is 1.84 bits per heavy atom. The molecule has 164 valence electrons. The van der Waals surface area contributed by atoms with Gasteiger partial charge >= 0.3 is 6.18 Å². The van der Waals surface area contributed by atoms with E-state index in [1.165, 1.54) is 0 Å². The second kappa shape index (κ2) is 8.70. The molecule has 0 bridgehead atoms. The van der Waals surface area contributed by atoms with Gasteiger partial charge in [0.05, 0.1) is 18.3 Å². The summed E-state index contributed by atoms with van der Waals surface area (Å²) in [7, 11) is 1.78. The first-order valence-corrected chi connectivity index (χ1v) is 10.2. The maximum atomic E-state index is 12.7. The van der Waals surface area contributed by atoms with Gasteiger partial charge in [-0.05, 0) is 43.5 Å². The van der Waals surface area contributed by atoms with Crippen molar-refractivity contribution in [2.45, 2.75) is 31.9 Å². The molecule has 0 aromatic carbocycles. The SMILES string of the molecule is Cn1cc(-c2cc3cc(CC(=O)C4CCN(CCC(F)(F)F)CC4)ncc3cn2)nn1. The van der Waals surface area contributed by atoms with Crippen LogP contribution in [0.2, 0.25) is 0 Å². The Labute approximate surface area is 177 Å². The molecule has 31 heavy (non-hydrogen) atoms. The molecule has 7 nitrogen and oxygen atoms in total. The number of halogens is 3. The van der Waals surface area contributed by atoms with Gasteiger partial charge in [0.25, 0.3) is 0 Å². The van der Waals surface area contributed by atoms with Gasteiger partial charge < -0.3 is 4.90 Å². The Morgan fingerprint density at radius 3 is 2.52 bits per heavy atom. The zero-order valence-corrected chi connectivity index (χ0v) is 17.1. The van der Waals surface area contributed by atoms with E-state index in [0.29, 0.717) is 43.0 Å². The zero-order valence-electron chi connectivity index (χ0n) is 17.1. The van der Waals surface area contributed by atoms with Crippen LogP contribution in [0.3, 0.4) is 0 Å². The Bertz CT molecular complexity index is 1070. The number of ketones is 1. The number of nitrogens with zero attached hydrogens (tertiary/aromatic N) is 6. The minimum atomic E-state index is -4.14. The summed E-state index contributed by atoms with van der Waals surface area (Å²) in [4.78, 5) is 23.3. The first kappa shape index (κ1) is 21.4. The standard InChI is InChI=1S/C21H23F3N6O/c1-29-13-19(27-28-29)18-9-15-8-17(25-11-16(15)12-26-18)10-20(31)14-2-5-30(6-3-14)7-4-21(22,23)24/h8-9,11-14H,2-7,10H2,1H3. The highest BCUT2D eigenvalue weighted by molar-refractivity contribution is 5.87. The molecular formula is C21H23F3N6O. The molecule has 0 radical (unpaired) electrons. The summed E-state index contributed by atoms with van der Waals surface area (Å²) in [6.07, 6.45) is 1.64. The van der Waals surface area contributed by atoms with Crippen LogP contribution in [0, 0.1) is 5.92 Å². The van der Waals surface area contributed by atoms with Crippen molar-refractivity contribution < 1.29 is 18.0 Å². The number of carbonyl (C=O) groups is 1. The van der Waals surface area contributed by atoms with Crippen molar-refractivity contribution in [2.75, 3.05) is 19.6 Å². The molecule has 4 heterocycles. The van der Waals surface area contributed by atoms with Crippen LogP contribution in [-0.4, -0.2) is 61.5 Å². The fraction of sp³-hybridized carbons (Fsp3) is 0.476. The van der Waals surface area contributed by atoms with E-state index in [1.54, 1.807) is 35.2 Å². The molecular weight excluding hydrogens is 409 g/mol. The molecule has 0 unspecified atom stereocenters. The monoisotopic (exact) mass is 432 g/mol. The molecule has 0 amide bonds. The van der Waals surface area contributed by atoms with E-state index in [9.17, 15) is 18.0 Å². The molecule has 3 aromatic heterocycles. The summed E-state index contributed by atoms with van der Waals surface area (Å²) in [6, 6.07) is 3.78. The van der Waals surface area contributed by atoms with E-state index < -0.39 is 12.6 Å². The Balaban J connectivity index is 1.38. The molecule has 0 N–H and O–H groups in total. The number of Topliss-reactive ketones (excluding diaryl/α,β-unsaturated/α-hetero) is 1. The highest BCUT2D eigenvalue weighted by atomic mass is 19.4. The number of aryl methyl sites for hydroxylation is 1. The van der Waals surface area contributed by atoms with Gasteiger partial charge in [-0.25, -0.2) is 0 Å². The number of hydrogen-bond donors (Lipinski definition) is 0. The van der Waals surface area contributed by atoms with Gasteiger partial charge in [-0.2, -0.15) is 13.2 Å². The van der Waals surface area contributed by atoms with Crippen molar-refractivity contribution in [3.8, 4) is 11.4 Å². The molecule has 1 aliphatic rings. The second-order valence-electron chi connectivity index (χ2n) is 7.99. The number of aromatic nitrogens is 5. The topological polar surface area (TPSA) is 76.8 Å². The lowest BCUT2D eigenvalue weighted by atomic mass is 9.90. The van der Waals surface area contributed by atoms with E-state index in [2.05, 4.69) is 20.3 Å². The number of piperidine rings is 1. The molecule has 1 fully saturated rings. The first-order chi connectivity index (χ1) is 14.8. The van der Waals surface area contributed by atoms with E-state index in [4.69, 9.17) is 0 Å². The van der Waals surface area contributed by atoms with Crippen molar-refractivity contribution in [2.24, 2.45) is 13.0 Å². The fourth-order valence-electron chi connectivity index (χ4n) is 3.87. The van der Waals surface area contributed by atoms with Crippen LogP contribution in [0.5, 0.6) is 0 Å². The van der Waals surface area contributed by atoms with E-state index >= 15 is 0 Å². The van der Waals surface area contributed by atoms with Gasteiger partial charge in [-0.3, -0.25) is 19.4 Å². The smallest absolute Gasteiger partial charge is 0.303 e. The lowest BCUT2D eigenvalue weighted by Crippen LogP contribution is -2.38. The maximum absolute atomic E-state index is 12.7. The predicted octanol–water partition coefficient (Wildman–Crippen LogP) is 3.20. The van der Waals surface area contributed by atoms with Crippen molar-refractivity contribution in [1.29, 1.82) is 0 Å². The van der Waals surface area contributed by atoms with Crippen LogP contribution in [0.1, 0.15) is 25.0 Å². The third kappa shape index (κ3) is 5.43. The summed E-state index contributed by atoms with van der Waals surface area (Å²) in [6.45, 7) is 1.04. The number of hydrogen-bond acceptors (Lipinski definition) is 6. The molecule has 3 aromatic rings. The molecule has 4 rings (SSSR count). The molecule has 1 saturated heterocycles. The highest BCUT2D eigenvalue weighted by Crippen LogP contribution is 2.25. The maximum Gasteiger partial charge on any atom is 0.390 e. The van der Waals surface area contributed by atoms with Gasteiger partial charge in [-0.15, -0.1) is 5.10 Å². The average molecular weight is 432 g/mol. The first-order valence-electron chi connectivity index (χ1n) is 10.2. The molecule has 1 aliphatic heterocycles. The van der Waals surface area contributed by atoms with Crippen LogP contribution in [0.25, 0.3) is 22.2 Å². The van der Waals surface area contributed by atoms with Gasteiger partial charge in [0.1, 0.15) is 11.5 Å². The quantitative estimate of drug-likeness (QED) is 0.595. The summed E-state index contributed by atoms with van der Waals surface area (Å²) >= 11 is 0. The lowest BCUT2D eigenvalue weighted by Gasteiger charge is -2.31. The van der Waals surface area contributed by atoms with Crippen LogP contribution in [0.15, 0.2) is 30.7 Å². The average Bonchev–Trinajstić information content (AvgIpc) is 3.18. The van der Waals surface area contributed by atoms with Crippen LogP contribution in [-0.2, 0) is 18.3 Å². The number of fused-ring (bicyclic) bond motifs is 1.